The van der Waals surface area contributed by atoms with Crippen LogP contribution in [0.1, 0.15) is 30.4 Å². The van der Waals surface area contributed by atoms with Crippen LogP contribution >= 0.6 is 0 Å². The molecule has 84 valence electrons. The molecule has 1 aromatic rings. The van der Waals surface area contributed by atoms with Crippen molar-refractivity contribution in [2.75, 3.05) is 6.61 Å². The van der Waals surface area contributed by atoms with Crippen molar-refractivity contribution in [3.05, 3.63) is 29.3 Å². The predicted molar refractivity (Wildman–Crippen MR) is 60.1 cm³/mol. The molecule has 1 unspecified atom stereocenters. The van der Waals surface area contributed by atoms with Crippen molar-refractivity contribution >= 4 is 0 Å². The van der Waals surface area contributed by atoms with Gasteiger partial charge in [0.25, 0.3) is 0 Å². The second-order valence-electron chi connectivity index (χ2n) is 3.95. The van der Waals surface area contributed by atoms with Crippen LogP contribution in [0.2, 0.25) is 0 Å². The number of hydrogen-bond acceptors (Lipinski definition) is 3. The number of rotatable bonds is 2. The van der Waals surface area contributed by atoms with Crippen molar-refractivity contribution in [3.8, 4) is 11.8 Å². The topological polar surface area (TPSA) is 42.2 Å². The summed E-state index contributed by atoms with van der Waals surface area (Å²) >= 11 is 0. The van der Waals surface area contributed by atoms with Crippen LogP contribution in [-0.2, 0) is 4.74 Å². The third kappa shape index (κ3) is 2.34. The molecule has 0 aliphatic carbocycles. The average molecular weight is 217 g/mol. The molecule has 1 saturated heterocycles. The highest BCUT2D eigenvalue weighted by molar-refractivity contribution is 5.45. The summed E-state index contributed by atoms with van der Waals surface area (Å²) in [6.45, 7) is 2.67. The van der Waals surface area contributed by atoms with Gasteiger partial charge < -0.3 is 9.47 Å². The molecule has 1 heterocycles. The first-order valence-electron chi connectivity index (χ1n) is 5.59. The Kier molecular flexibility index (Phi) is 3.43. The Morgan fingerprint density at radius 1 is 1.44 bits per heavy atom. The fourth-order valence-corrected chi connectivity index (χ4v) is 1.81. The molecule has 1 aromatic carbocycles. The molecule has 1 aliphatic heterocycles. The summed E-state index contributed by atoms with van der Waals surface area (Å²) in [7, 11) is 0. The van der Waals surface area contributed by atoms with E-state index in [1.54, 1.807) is 6.07 Å². The largest absolute Gasteiger partial charge is 0.465 e. The maximum atomic E-state index is 8.91. The maximum Gasteiger partial charge on any atom is 0.199 e. The fourth-order valence-electron chi connectivity index (χ4n) is 1.81. The van der Waals surface area contributed by atoms with Crippen LogP contribution in [0.15, 0.2) is 18.2 Å². The molecule has 0 amide bonds. The smallest absolute Gasteiger partial charge is 0.199 e. The lowest BCUT2D eigenvalue weighted by Crippen LogP contribution is -2.25. The van der Waals surface area contributed by atoms with E-state index >= 15 is 0 Å². The molecule has 16 heavy (non-hydrogen) atoms. The van der Waals surface area contributed by atoms with Crippen LogP contribution in [0.25, 0.3) is 0 Å². The minimum Gasteiger partial charge on any atom is -0.465 e. The van der Waals surface area contributed by atoms with Crippen LogP contribution < -0.4 is 4.74 Å². The lowest BCUT2D eigenvalue weighted by molar-refractivity contribution is -0.106. The van der Waals surface area contributed by atoms with Gasteiger partial charge in [-0.05, 0) is 31.9 Å². The van der Waals surface area contributed by atoms with E-state index in [-0.39, 0.29) is 6.29 Å². The fraction of sp³-hybridized carbons (Fsp3) is 0.462. The Balaban J connectivity index is 2.12. The van der Waals surface area contributed by atoms with Crippen LogP contribution in [0, 0.1) is 18.3 Å². The lowest BCUT2D eigenvalue weighted by Gasteiger charge is -2.24. The molecule has 0 saturated carbocycles. The minimum atomic E-state index is -0.151. The van der Waals surface area contributed by atoms with Gasteiger partial charge in [0.2, 0.25) is 0 Å². The second-order valence-corrected chi connectivity index (χ2v) is 3.95. The molecular weight excluding hydrogens is 202 g/mol. The van der Waals surface area contributed by atoms with Crippen molar-refractivity contribution in [1.29, 1.82) is 5.26 Å². The summed E-state index contributed by atoms with van der Waals surface area (Å²) in [5.74, 6) is 0.756. The second kappa shape index (κ2) is 5.00. The maximum absolute atomic E-state index is 8.91. The normalized spacial score (nSPS) is 20.1. The van der Waals surface area contributed by atoms with E-state index in [0.29, 0.717) is 5.56 Å². The summed E-state index contributed by atoms with van der Waals surface area (Å²) < 4.78 is 11.3. The zero-order valence-corrected chi connectivity index (χ0v) is 9.40. The zero-order chi connectivity index (χ0) is 11.4. The van der Waals surface area contributed by atoms with Crippen LogP contribution in [0.5, 0.6) is 5.75 Å². The predicted octanol–water partition coefficient (Wildman–Crippen LogP) is 2.77. The van der Waals surface area contributed by atoms with E-state index in [0.717, 1.165) is 37.2 Å². The quantitative estimate of drug-likeness (QED) is 0.765. The van der Waals surface area contributed by atoms with Crippen LogP contribution in [0.3, 0.4) is 0 Å². The summed E-state index contributed by atoms with van der Waals surface area (Å²) in [6, 6.07) is 7.67. The number of benzene rings is 1. The summed E-state index contributed by atoms with van der Waals surface area (Å²) in [5, 5.41) is 8.91. The van der Waals surface area contributed by atoms with Crippen LogP contribution in [-0.4, -0.2) is 12.9 Å². The van der Waals surface area contributed by atoms with E-state index in [2.05, 4.69) is 6.07 Å². The number of hydrogen-bond donors (Lipinski definition) is 0. The highest BCUT2D eigenvalue weighted by atomic mass is 16.7. The van der Waals surface area contributed by atoms with Crippen molar-refractivity contribution in [2.24, 2.45) is 0 Å². The van der Waals surface area contributed by atoms with E-state index in [1.807, 2.05) is 19.1 Å². The van der Waals surface area contributed by atoms with Gasteiger partial charge in [0.05, 0.1) is 18.2 Å². The van der Waals surface area contributed by atoms with E-state index in [9.17, 15) is 0 Å². The third-order valence-electron chi connectivity index (χ3n) is 2.80. The first-order chi connectivity index (χ1) is 7.81. The molecule has 1 aliphatic rings. The summed E-state index contributed by atoms with van der Waals surface area (Å²) in [6.07, 6.45) is 3.02. The Bertz CT molecular complexity index is 403. The molecule has 0 aromatic heterocycles. The standard InChI is InChI=1S/C13H15NO2/c1-10-11(9-14)5-4-6-12(10)16-13-7-2-3-8-15-13/h4-6,13H,2-3,7-8H2,1H3. The molecule has 3 heteroatoms. The van der Waals surface area contributed by atoms with Gasteiger partial charge in [-0.25, -0.2) is 0 Å². The monoisotopic (exact) mass is 217 g/mol. The molecule has 1 fully saturated rings. The molecule has 2 rings (SSSR count). The summed E-state index contributed by atoms with van der Waals surface area (Å²) in [4.78, 5) is 0. The van der Waals surface area contributed by atoms with E-state index in [4.69, 9.17) is 14.7 Å². The van der Waals surface area contributed by atoms with Gasteiger partial charge in [-0.3, -0.25) is 0 Å². The van der Waals surface area contributed by atoms with Gasteiger partial charge in [0.1, 0.15) is 5.75 Å². The Morgan fingerprint density at radius 2 is 2.31 bits per heavy atom. The molecule has 0 spiro atoms. The Labute approximate surface area is 95.6 Å². The third-order valence-corrected chi connectivity index (χ3v) is 2.80. The zero-order valence-electron chi connectivity index (χ0n) is 9.40. The number of nitrogens with zero attached hydrogens (tertiary/aromatic N) is 1. The Hall–Kier alpha value is -1.53. The molecule has 0 bridgehead atoms. The number of nitriles is 1. The first kappa shape index (κ1) is 11.0. The average Bonchev–Trinajstić information content (AvgIpc) is 2.33. The molecule has 0 radical (unpaired) electrons. The summed E-state index contributed by atoms with van der Waals surface area (Å²) in [5.41, 5.74) is 1.55. The van der Waals surface area contributed by atoms with Gasteiger partial charge in [-0.15, -0.1) is 0 Å². The molecule has 1 atom stereocenters. The van der Waals surface area contributed by atoms with Gasteiger partial charge in [0.15, 0.2) is 6.29 Å². The van der Waals surface area contributed by atoms with Gasteiger partial charge in [-0.2, -0.15) is 5.26 Å². The Morgan fingerprint density at radius 3 is 3.00 bits per heavy atom. The van der Waals surface area contributed by atoms with E-state index < -0.39 is 0 Å². The van der Waals surface area contributed by atoms with Gasteiger partial charge >= 0.3 is 0 Å². The lowest BCUT2D eigenvalue weighted by atomic mass is 10.1. The number of ether oxygens (including phenoxy) is 2. The van der Waals surface area contributed by atoms with Crippen molar-refractivity contribution in [2.45, 2.75) is 32.5 Å². The van der Waals surface area contributed by atoms with E-state index in [1.165, 1.54) is 0 Å². The first-order valence-corrected chi connectivity index (χ1v) is 5.59. The minimum absolute atomic E-state index is 0.151. The molecular formula is C13H15NO2. The van der Waals surface area contributed by atoms with Gasteiger partial charge in [-0.1, -0.05) is 6.07 Å². The van der Waals surface area contributed by atoms with Crippen molar-refractivity contribution < 1.29 is 9.47 Å². The molecule has 0 N–H and O–H groups in total. The van der Waals surface area contributed by atoms with Gasteiger partial charge in [0, 0.05) is 12.0 Å². The highest BCUT2D eigenvalue weighted by Gasteiger charge is 2.16. The van der Waals surface area contributed by atoms with Crippen LogP contribution in [0.4, 0.5) is 0 Å². The van der Waals surface area contributed by atoms with Crippen molar-refractivity contribution in [1.82, 2.24) is 0 Å². The van der Waals surface area contributed by atoms with Crippen molar-refractivity contribution in [3.63, 3.8) is 0 Å². The highest BCUT2D eigenvalue weighted by Crippen LogP contribution is 2.24. The molecule has 3 nitrogen and oxygen atoms in total. The SMILES string of the molecule is Cc1c(C#N)cccc1OC1CCCCO1.